The smallest absolute Gasteiger partial charge is 0.336 e. The molecular weight excluding hydrogens is 300 g/mol. The molecule has 0 saturated heterocycles. The third-order valence-corrected chi connectivity index (χ3v) is 6.04. The first-order chi connectivity index (χ1) is 9.31. The van der Waals surface area contributed by atoms with E-state index in [2.05, 4.69) is 0 Å². The van der Waals surface area contributed by atoms with Gasteiger partial charge in [0.05, 0.1) is 16.2 Å². The summed E-state index contributed by atoms with van der Waals surface area (Å²) >= 11 is 5.86. The molecule has 1 aliphatic carbocycles. The van der Waals surface area contributed by atoms with Gasteiger partial charge in [-0.25, -0.2) is 13.2 Å². The second-order valence-corrected chi connectivity index (χ2v) is 7.75. The number of hydrogen-bond donors (Lipinski definition) is 1. The summed E-state index contributed by atoms with van der Waals surface area (Å²) < 4.78 is 25.0. The fourth-order valence-corrected chi connectivity index (χ4v) is 5.08. The van der Waals surface area contributed by atoms with Gasteiger partial charge in [-0.15, -0.1) is 0 Å². The van der Waals surface area contributed by atoms with Crippen LogP contribution in [-0.2, 0) is 9.84 Å². The van der Waals surface area contributed by atoms with E-state index in [1.54, 1.807) is 0 Å². The van der Waals surface area contributed by atoms with E-state index < -0.39 is 15.8 Å². The Bertz CT molecular complexity index is 631. The average Bonchev–Trinajstić information content (AvgIpc) is 2.83. The van der Waals surface area contributed by atoms with Crippen molar-refractivity contribution in [3.05, 3.63) is 28.3 Å². The number of carboxylic acids is 1. The van der Waals surface area contributed by atoms with Crippen LogP contribution in [0.4, 0.5) is 0 Å². The SMILES string of the molecule is Cc1c(C(=O)O)cc(Cl)cc1S(=O)(=O)CC1CCCC1. The van der Waals surface area contributed by atoms with Gasteiger partial charge in [0.25, 0.3) is 0 Å². The van der Waals surface area contributed by atoms with Crippen molar-refractivity contribution in [1.29, 1.82) is 0 Å². The Morgan fingerprint density at radius 1 is 1.35 bits per heavy atom. The number of halogens is 1. The molecule has 4 nitrogen and oxygen atoms in total. The van der Waals surface area contributed by atoms with E-state index in [0.29, 0.717) is 0 Å². The van der Waals surface area contributed by atoms with Crippen LogP contribution in [0.1, 0.15) is 41.6 Å². The first-order valence-electron chi connectivity index (χ1n) is 6.57. The highest BCUT2D eigenvalue weighted by molar-refractivity contribution is 7.91. The molecule has 0 heterocycles. The first-order valence-corrected chi connectivity index (χ1v) is 8.60. The number of carboxylic acid groups (broad SMARTS) is 1. The van der Waals surface area contributed by atoms with Gasteiger partial charge in [-0.05, 0) is 43.4 Å². The average molecular weight is 317 g/mol. The minimum Gasteiger partial charge on any atom is -0.478 e. The molecule has 1 aromatic carbocycles. The molecule has 20 heavy (non-hydrogen) atoms. The Labute approximate surface area is 123 Å². The van der Waals surface area contributed by atoms with Crippen LogP contribution in [0.5, 0.6) is 0 Å². The molecule has 0 aromatic heterocycles. The van der Waals surface area contributed by atoms with Crippen LogP contribution in [0.2, 0.25) is 5.02 Å². The highest BCUT2D eigenvalue weighted by Gasteiger charge is 2.27. The van der Waals surface area contributed by atoms with Gasteiger partial charge in [-0.1, -0.05) is 24.4 Å². The van der Waals surface area contributed by atoms with Crippen LogP contribution >= 0.6 is 11.6 Å². The number of aromatic carboxylic acids is 1. The van der Waals surface area contributed by atoms with Crippen molar-refractivity contribution in [2.45, 2.75) is 37.5 Å². The molecule has 0 bridgehead atoms. The van der Waals surface area contributed by atoms with Crippen LogP contribution < -0.4 is 0 Å². The highest BCUT2D eigenvalue weighted by atomic mass is 35.5. The molecule has 0 aliphatic heterocycles. The van der Waals surface area contributed by atoms with Gasteiger partial charge in [0.15, 0.2) is 9.84 Å². The summed E-state index contributed by atoms with van der Waals surface area (Å²) in [6, 6.07) is 2.64. The fourth-order valence-electron chi connectivity index (χ4n) is 2.78. The number of rotatable bonds is 4. The lowest BCUT2D eigenvalue weighted by Gasteiger charge is -2.14. The normalized spacial score (nSPS) is 16.5. The Kier molecular flexibility index (Phi) is 4.39. The molecule has 1 aliphatic rings. The quantitative estimate of drug-likeness (QED) is 0.925. The van der Waals surface area contributed by atoms with E-state index in [4.69, 9.17) is 16.7 Å². The molecule has 6 heteroatoms. The zero-order valence-corrected chi connectivity index (χ0v) is 12.8. The van der Waals surface area contributed by atoms with Crippen molar-refractivity contribution in [1.82, 2.24) is 0 Å². The number of carbonyl (C=O) groups is 1. The molecule has 110 valence electrons. The number of benzene rings is 1. The molecule has 1 aromatic rings. The summed E-state index contributed by atoms with van der Waals surface area (Å²) in [6.45, 7) is 1.52. The standard InChI is InChI=1S/C14H17ClO4S/c1-9-12(14(16)17)6-11(15)7-13(9)20(18,19)8-10-4-2-3-5-10/h6-7,10H,2-5,8H2,1H3,(H,16,17). The number of sulfone groups is 1. The number of hydrogen-bond acceptors (Lipinski definition) is 3. The van der Waals surface area contributed by atoms with E-state index >= 15 is 0 Å². The molecular formula is C14H17ClO4S. The predicted molar refractivity (Wildman–Crippen MR) is 77.2 cm³/mol. The molecule has 1 saturated carbocycles. The topological polar surface area (TPSA) is 71.4 Å². The van der Waals surface area contributed by atoms with Crippen molar-refractivity contribution in [2.24, 2.45) is 5.92 Å². The zero-order valence-electron chi connectivity index (χ0n) is 11.2. The predicted octanol–water partition coefficient (Wildman–Crippen LogP) is 3.31. The summed E-state index contributed by atoms with van der Waals surface area (Å²) in [5, 5.41) is 9.25. The molecule has 1 fully saturated rings. The minimum atomic E-state index is -3.50. The first kappa shape index (κ1) is 15.3. The van der Waals surface area contributed by atoms with Crippen LogP contribution in [0.25, 0.3) is 0 Å². The maximum absolute atomic E-state index is 12.5. The van der Waals surface area contributed by atoms with Gasteiger partial charge < -0.3 is 5.11 Å². The molecule has 0 amide bonds. The van der Waals surface area contributed by atoms with Gasteiger partial charge in [0.2, 0.25) is 0 Å². The summed E-state index contributed by atoms with van der Waals surface area (Å²) in [5.74, 6) is -0.915. The molecule has 1 N–H and O–H groups in total. The monoisotopic (exact) mass is 316 g/mol. The van der Waals surface area contributed by atoms with Gasteiger partial charge in [0.1, 0.15) is 0 Å². The lowest BCUT2D eigenvalue weighted by molar-refractivity contribution is 0.0696. The largest absolute Gasteiger partial charge is 0.478 e. The maximum atomic E-state index is 12.5. The molecule has 2 rings (SSSR count). The highest BCUT2D eigenvalue weighted by Crippen LogP contribution is 2.31. The third kappa shape index (κ3) is 3.15. The Balaban J connectivity index is 2.42. The van der Waals surface area contributed by atoms with E-state index in [0.717, 1.165) is 25.7 Å². The van der Waals surface area contributed by atoms with Gasteiger partial charge in [-0.3, -0.25) is 0 Å². The van der Waals surface area contributed by atoms with Crippen LogP contribution in [-0.4, -0.2) is 25.2 Å². The summed E-state index contributed by atoms with van der Waals surface area (Å²) in [4.78, 5) is 11.2. The Morgan fingerprint density at radius 3 is 2.50 bits per heavy atom. The summed E-state index contributed by atoms with van der Waals surface area (Å²) in [5.41, 5.74) is 0.211. The van der Waals surface area contributed by atoms with Crippen LogP contribution in [0, 0.1) is 12.8 Å². The fraction of sp³-hybridized carbons (Fsp3) is 0.500. The Hall–Kier alpha value is -1.07. The van der Waals surface area contributed by atoms with E-state index in [1.807, 2.05) is 0 Å². The van der Waals surface area contributed by atoms with E-state index in [9.17, 15) is 13.2 Å². The maximum Gasteiger partial charge on any atom is 0.336 e. The second-order valence-electron chi connectivity index (χ2n) is 5.31. The van der Waals surface area contributed by atoms with Crippen LogP contribution in [0.15, 0.2) is 17.0 Å². The molecule has 0 radical (unpaired) electrons. The minimum absolute atomic E-state index is 0.0503. The third-order valence-electron chi connectivity index (χ3n) is 3.82. The van der Waals surface area contributed by atoms with Crippen molar-refractivity contribution in [3.63, 3.8) is 0 Å². The second kappa shape index (κ2) is 5.74. The van der Waals surface area contributed by atoms with Gasteiger partial charge in [-0.2, -0.15) is 0 Å². The molecule has 0 spiro atoms. The Morgan fingerprint density at radius 2 is 1.95 bits per heavy atom. The van der Waals surface area contributed by atoms with Crippen molar-refractivity contribution in [3.8, 4) is 0 Å². The molecule has 0 atom stereocenters. The van der Waals surface area contributed by atoms with Crippen LogP contribution in [0.3, 0.4) is 0 Å². The van der Waals surface area contributed by atoms with Crippen molar-refractivity contribution in [2.75, 3.05) is 5.75 Å². The summed E-state index contributed by atoms with van der Waals surface area (Å²) in [7, 11) is -3.50. The van der Waals surface area contributed by atoms with Gasteiger partial charge in [0, 0.05) is 5.02 Å². The lowest BCUT2D eigenvalue weighted by Crippen LogP contribution is -2.16. The van der Waals surface area contributed by atoms with Gasteiger partial charge >= 0.3 is 5.97 Å². The molecule has 0 unspecified atom stereocenters. The van der Waals surface area contributed by atoms with Crippen molar-refractivity contribution < 1.29 is 18.3 Å². The van der Waals surface area contributed by atoms with E-state index in [-0.39, 0.29) is 32.7 Å². The zero-order chi connectivity index (χ0) is 14.9. The lowest BCUT2D eigenvalue weighted by atomic mass is 10.1. The summed E-state index contributed by atoms with van der Waals surface area (Å²) in [6.07, 6.45) is 3.97. The van der Waals surface area contributed by atoms with Crippen molar-refractivity contribution >= 4 is 27.4 Å². The van der Waals surface area contributed by atoms with E-state index in [1.165, 1.54) is 19.1 Å².